The normalized spacial score (nSPS) is 22.0. The predicted octanol–water partition coefficient (Wildman–Crippen LogP) is 2.25. The molecule has 2 atom stereocenters. The van der Waals surface area contributed by atoms with Crippen molar-refractivity contribution in [3.8, 4) is 0 Å². The second-order valence-electron chi connectivity index (χ2n) is 5.99. The van der Waals surface area contributed by atoms with Crippen LogP contribution in [-0.2, 0) is 4.79 Å². The third kappa shape index (κ3) is 4.81. The largest absolute Gasteiger partial charge is 0.405 e. The van der Waals surface area contributed by atoms with Crippen LogP contribution in [0.15, 0.2) is 29.2 Å². The fourth-order valence-corrected chi connectivity index (χ4v) is 4.37. The van der Waals surface area contributed by atoms with Crippen molar-refractivity contribution in [1.82, 2.24) is 15.5 Å². The summed E-state index contributed by atoms with van der Waals surface area (Å²) in [6.07, 6.45) is -4.35. The first kappa shape index (κ1) is 20.4. The molecule has 2 aliphatic heterocycles. The molecule has 9 heteroatoms. The van der Waals surface area contributed by atoms with Crippen molar-refractivity contribution in [3.05, 3.63) is 29.8 Å². The topological polar surface area (TPSA) is 44.4 Å². The zero-order chi connectivity index (χ0) is 17.2. The highest BCUT2D eigenvalue weighted by Gasteiger charge is 2.44. The molecular weight excluding hydrogens is 375 g/mol. The number of hydrogen-bond acceptors (Lipinski definition) is 4. The Labute approximate surface area is 155 Å². The number of hydrogen-bond donors (Lipinski definition) is 2. The summed E-state index contributed by atoms with van der Waals surface area (Å²) in [5, 5.41) is 5.58. The number of nitrogens with one attached hydrogen (secondary N) is 2. The van der Waals surface area contributed by atoms with Gasteiger partial charge in [-0.3, -0.25) is 9.69 Å². The number of piperazine rings is 1. The minimum atomic E-state index is -4.35. The van der Waals surface area contributed by atoms with Gasteiger partial charge in [0.05, 0.1) is 5.92 Å². The molecule has 3 rings (SSSR count). The third-order valence-electron chi connectivity index (χ3n) is 4.46. The van der Waals surface area contributed by atoms with E-state index >= 15 is 0 Å². The molecule has 1 aromatic carbocycles. The molecule has 0 saturated carbocycles. The average Bonchev–Trinajstić information content (AvgIpc) is 2.99. The van der Waals surface area contributed by atoms with Crippen LogP contribution >= 0.6 is 24.2 Å². The summed E-state index contributed by atoms with van der Waals surface area (Å²) in [5.74, 6) is -0.116. The maximum Gasteiger partial charge on any atom is 0.405 e. The fraction of sp³-hybridized carbons (Fsp3) is 0.562. The number of amides is 1. The van der Waals surface area contributed by atoms with E-state index in [1.165, 1.54) is 4.90 Å². The lowest BCUT2D eigenvalue weighted by Crippen LogP contribution is -2.57. The van der Waals surface area contributed by atoms with Crippen molar-refractivity contribution in [2.24, 2.45) is 0 Å². The number of benzene rings is 1. The zero-order valence-electron chi connectivity index (χ0n) is 13.5. The molecule has 25 heavy (non-hydrogen) atoms. The number of halogens is 4. The molecule has 0 spiro atoms. The molecule has 1 aromatic rings. The molecule has 2 N–H and O–H groups in total. The predicted molar refractivity (Wildman–Crippen MR) is 94.5 cm³/mol. The van der Waals surface area contributed by atoms with Gasteiger partial charge in [-0.05, 0) is 11.6 Å². The van der Waals surface area contributed by atoms with E-state index in [0.29, 0.717) is 31.9 Å². The lowest BCUT2D eigenvalue weighted by Gasteiger charge is -2.36. The van der Waals surface area contributed by atoms with E-state index in [0.717, 1.165) is 10.5 Å². The smallest absolute Gasteiger partial charge is 0.354 e. The Morgan fingerprint density at radius 3 is 2.68 bits per heavy atom. The van der Waals surface area contributed by atoms with Gasteiger partial charge in [-0.15, -0.1) is 24.2 Å². The third-order valence-corrected chi connectivity index (χ3v) is 5.64. The molecule has 1 fully saturated rings. The summed E-state index contributed by atoms with van der Waals surface area (Å²) in [6.45, 7) is 1.34. The molecule has 0 radical (unpaired) electrons. The number of thioether (sulfide) groups is 1. The first-order valence-corrected chi connectivity index (χ1v) is 8.96. The van der Waals surface area contributed by atoms with Crippen LogP contribution in [0, 0.1) is 0 Å². The molecule has 1 amide bonds. The van der Waals surface area contributed by atoms with Crippen LogP contribution in [-0.4, -0.2) is 61.5 Å². The summed E-state index contributed by atoms with van der Waals surface area (Å²) in [6, 6.07) is 5.93. The van der Waals surface area contributed by atoms with Crippen molar-refractivity contribution in [2.75, 3.05) is 38.5 Å². The molecule has 140 valence electrons. The number of rotatable bonds is 4. The van der Waals surface area contributed by atoms with Crippen molar-refractivity contribution in [1.29, 1.82) is 0 Å². The van der Waals surface area contributed by atoms with Crippen LogP contribution in [0.2, 0.25) is 0 Å². The summed E-state index contributed by atoms with van der Waals surface area (Å²) in [4.78, 5) is 14.8. The van der Waals surface area contributed by atoms with Gasteiger partial charge in [0, 0.05) is 43.4 Å². The second kappa shape index (κ2) is 8.62. The van der Waals surface area contributed by atoms with E-state index in [1.807, 2.05) is 24.3 Å². The zero-order valence-corrected chi connectivity index (χ0v) is 15.1. The van der Waals surface area contributed by atoms with Crippen LogP contribution in [0.5, 0.6) is 0 Å². The SMILES string of the molecule is Cl.O=C(NCC(N1CCNCC1)C(F)(F)F)C1CSc2ccccc21. The first-order chi connectivity index (χ1) is 11.5. The van der Waals surface area contributed by atoms with Gasteiger partial charge in [-0.1, -0.05) is 18.2 Å². The number of fused-ring (bicyclic) bond motifs is 1. The van der Waals surface area contributed by atoms with Gasteiger partial charge in [0.1, 0.15) is 6.04 Å². The molecule has 0 bridgehead atoms. The summed E-state index contributed by atoms with van der Waals surface area (Å²) >= 11 is 1.57. The van der Waals surface area contributed by atoms with Crippen molar-refractivity contribution in [3.63, 3.8) is 0 Å². The molecule has 2 heterocycles. The van der Waals surface area contributed by atoms with Crippen LogP contribution in [0.25, 0.3) is 0 Å². The Balaban J connectivity index is 0.00000225. The van der Waals surface area contributed by atoms with Gasteiger partial charge in [-0.2, -0.15) is 13.2 Å². The molecule has 4 nitrogen and oxygen atoms in total. The van der Waals surface area contributed by atoms with E-state index in [4.69, 9.17) is 0 Å². The highest BCUT2D eigenvalue weighted by Crippen LogP contribution is 2.39. The van der Waals surface area contributed by atoms with E-state index in [2.05, 4.69) is 10.6 Å². The number of nitrogens with zero attached hydrogens (tertiary/aromatic N) is 1. The number of carbonyl (C=O) groups is 1. The van der Waals surface area contributed by atoms with Crippen LogP contribution in [0.1, 0.15) is 11.5 Å². The van der Waals surface area contributed by atoms with E-state index in [1.54, 1.807) is 11.8 Å². The van der Waals surface area contributed by atoms with Crippen molar-refractivity contribution >= 4 is 30.1 Å². The van der Waals surface area contributed by atoms with E-state index in [9.17, 15) is 18.0 Å². The quantitative estimate of drug-likeness (QED) is 0.820. The lowest BCUT2D eigenvalue weighted by atomic mass is 10.0. The number of alkyl halides is 3. The Kier molecular flexibility index (Phi) is 7.01. The molecule has 2 unspecified atom stereocenters. The maximum absolute atomic E-state index is 13.4. The van der Waals surface area contributed by atoms with Gasteiger partial charge < -0.3 is 10.6 Å². The second-order valence-corrected chi connectivity index (χ2v) is 7.05. The van der Waals surface area contributed by atoms with Crippen LogP contribution < -0.4 is 10.6 Å². The minimum absolute atomic E-state index is 0. The van der Waals surface area contributed by atoms with Gasteiger partial charge in [0.25, 0.3) is 0 Å². The lowest BCUT2D eigenvalue weighted by molar-refractivity contribution is -0.184. The molecule has 0 aliphatic carbocycles. The summed E-state index contributed by atoms with van der Waals surface area (Å²) in [5.41, 5.74) is 0.908. The van der Waals surface area contributed by atoms with Crippen LogP contribution in [0.3, 0.4) is 0 Å². The standard InChI is InChI=1S/C16H20F3N3OS.ClH/c17-16(18,19)14(22-7-5-20-6-8-22)9-21-15(23)12-10-24-13-4-2-1-3-11(12)13;/h1-4,12,14,20H,5-10H2,(H,21,23);1H. The fourth-order valence-electron chi connectivity index (χ4n) is 3.15. The van der Waals surface area contributed by atoms with E-state index < -0.39 is 18.8 Å². The first-order valence-electron chi connectivity index (χ1n) is 7.98. The Morgan fingerprint density at radius 1 is 1.32 bits per heavy atom. The molecule has 0 aromatic heterocycles. The molecule has 1 saturated heterocycles. The summed E-state index contributed by atoms with van der Waals surface area (Å²) in [7, 11) is 0. The highest BCUT2D eigenvalue weighted by atomic mass is 35.5. The Bertz CT molecular complexity index is 596. The van der Waals surface area contributed by atoms with Gasteiger partial charge in [0.15, 0.2) is 0 Å². The van der Waals surface area contributed by atoms with Crippen LogP contribution in [0.4, 0.5) is 13.2 Å². The van der Waals surface area contributed by atoms with Gasteiger partial charge in [-0.25, -0.2) is 0 Å². The van der Waals surface area contributed by atoms with Gasteiger partial charge in [0.2, 0.25) is 5.91 Å². The van der Waals surface area contributed by atoms with Gasteiger partial charge >= 0.3 is 6.18 Å². The van der Waals surface area contributed by atoms with Crippen molar-refractivity contribution in [2.45, 2.75) is 23.0 Å². The Morgan fingerprint density at radius 2 is 2.00 bits per heavy atom. The average molecular weight is 396 g/mol. The molecule has 2 aliphatic rings. The maximum atomic E-state index is 13.4. The monoisotopic (exact) mass is 395 g/mol. The molecular formula is C16H21ClF3N3OS. The van der Waals surface area contributed by atoms with E-state index in [-0.39, 0.29) is 24.2 Å². The summed E-state index contributed by atoms with van der Waals surface area (Å²) < 4.78 is 40.1. The Hall–Kier alpha value is -0.960. The highest BCUT2D eigenvalue weighted by molar-refractivity contribution is 7.99. The number of carbonyl (C=O) groups excluding carboxylic acids is 1. The minimum Gasteiger partial charge on any atom is -0.354 e. The van der Waals surface area contributed by atoms with Crippen molar-refractivity contribution < 1.29 is 18.0 Å².